The van der Waals surface area contributed by atoms with Crippen LogP contribution in [0, 0.1) is 24.1 Å². The van der Waals surface area contributed by atoms with Crippen molar-refractivity contribution >= 4 is 23.2 Å². The Hall–Kier alpha value is -3.33. The second-order valence-electron chi connectivity index (χ2n) is 8.63. The zero-order chi connectivity index (χ0) is 26.7. The van der Waals surface area contributed by atoms with Gasteiger partial charge in [0, 0.05) is 11.1 Å². The summed E-state index contributed by atoms with van der Waals surface area (Å²) < 4.78 is 97.0. The largest absolute Gasteiger partial charge is 0.435 e. The van der Waals surface area contributed by atoms with Crippen LogP contribution in [0.1, 0.15) is 51.9 Å². The molecule has 0 spiro atoms. The normalized spacial score (nSPS) is 20.8. The van der Waals surface area contributed by atoms with E-state index in [2.05, 4.69) is 15.3 Å². The molecule has 1 saturated carbocycles. The van der Waals surface area contributed by atoms with Crippen molar-refractivity contribution in [2.45, 2.75) is 49.7 Å². The number of halogens is 8. The quantitative estimate of drug-likeness (QED) is 0.477. The Balaban J connectivity index is 1.69. The molecule has 2 aliphatic rings. The molecule has 4 rings (SSSR count). The molecule has 1 atom stereocenters. The number of hydrogen-bond acceptors (Lipinski definition) is 4. The van der Waals surface area contributed by atoms with E-state index in [0.717, 1.165) is 0 Å². The molecule has 190 valence electrons. The third kappa shape index (κ3) is 4.36. The summed E-state index contributed by atoms with van der Waals surface area (Å²) in [6, 6.07) is 6.12. The highest BCUT2D eigenvalue weighted by atomic mass is 35.5. The molecule has 1 amide bonds. The minimum atomic E-state index is -5.38. The van der Waals surface area contributed by atoms with E-state index >= 15 is 0 Å². The molecule has 0 aromatic heterocycles. The molecule has 1 unspecified atom stereocenters. The Morgan fingerprint density at radius 2 is 1.83 bits per heavy atom. The van der Waals surface area contributed by atoms with Crippen molar-refractivity contribution < 1.29 is 40.4 Å². The molecule has 2 aromatic carbocycles. The van der Waals surface area contributed by atoms with E-state index < -0.39 is 57.8 Å². The maximum absolute atomic E-state index is 14.7. The van der Waals surface area contributed by atoms with Crippen molar-refractivity contribution in [2.24, 2.45) is 5.16 Å². The summed E-state index contributed by atoms with van der Waals surface area (Å²) >= 11 is 5.50. The Bertz CT molecular complexity index is 1330. The summed E-state index contributed by atoms with van der Waals surface area (Å²) in [5.41, 5.74) is -7.28. The molecule has 0 saturated heterocycles. The lowest BCUT2D eigenvalue weighted by molar-refractivity contribution is -0.276. The molecule has 13 heteroatoms. The van der Waals surface area contributed by atoms with Crippen LogP contribution in [0.5, 0.6) is 0 Å². The number of aryl methyl sites for hydroxylation is 1. The Morgan fingerprint density at radius 1 is 1.17 bits per heavy atom. The first-order chi connectivity index (χ1) is 16.6. The number of alkyl halides is 6. The van der Waals surface area contributed by atoms with Crippen molar-refractivity contribution in [1.29, 1.82) is 5.26 Å². The zero-order valence-electron chi connectivity index (χ0n) is 18.2. The fraction of sp³-hybridized carbons (Fsp3) is 0.348. The van der Waals surface area contributed by atoms with Crippen molar-refractivity contribution in [1.82, 2.24) is 5.32 Å². The van der Waals surface area contributed by atoms with E-state index in [1.807, 2.05) is 6.07 Å². The summed E-state index contributed by atoms with van der Waals surface area (Å²) in [7, 11) is 0. The van der Waals surface area contributed by atoms with Gasteiger partial charge in [-0.3, -0.25) is 4.79 Å². The number of hydrogen-bond donors (Lipinski definition) is 1. The number of nitrogens with one attached hydrogen (secondary N) is 1. The van der Waals surface area contributed by atoms with Crippen molar-refractivity contribution in [3.05, 3.63) is 69.0 Å². The van der Waals surface area contributed by atoms with Gasteiger partial charge in [0.2, 0.25) is 0 Å². The van der Waals surface area contributed by atoms with Gasteiger partial charge in [-0.1, -0.05) is 22.8 Å². The van der Waals surface area contributed by atoms with E-state index in [-0.39, 0.29) is 29.0 Å². The Labute approximate surface area is 204 Å². The molecular weight excluding hydrogens is 519 g/mol. The maximum atomic E-state index is 14.7. The first kappa shape index (κ1) is 25.8. The number of oxime groups is 1. The van der Waals surface area contributed by atoms with E-state index in [1.54, 1.807) is 0 Å². The lowest BCUT2D eigenvalue weighted by atomic mass is 9.85. The summed E-state index contributed by atoms with van der Waals surface area (Å²) in [5.74, 6) is -2.26. The van der Waals surface area contributed by atoms with Crippen molar-refractivity contribution in [2.75, 3.05) is 0 Å². The van der Waals surface area contributed by atoms with Crippen LogP contribution in [-0.4, -0.2) is 23.3 Å². The van der Waals surface area contributed by atoms with E-state index in [1.165, 1.54) is 25.1 Å². The molecular formula is C23H15ClF7N3O2. The van der Waals surface area contributed by atoms with Gasteiger partial charge < -0.3 is 10.2 Å². The molecule has 1 aliphatic heterocycles. The van der Waals surface area contributed by atoms with Gasteiger partial charge in [0.1, 0.15) is 11.4 Å². The third-order valence-corrected chi connectivity index (χ3v) is 6.37. The van der Waals surface area contributed by atoms with Crippen LogP contribution in [0.3, 0.4) is 0 Å². The second-order valence-corrected chi connectivity index (χ2v) is 9.03. The van der Waals surface area contributed by atoms with Crippen LogP contribution in [-0.2, 0) is 16.6 Å². The SMILES string of the molecule is Cc1cc(C2=NOC(c3cc(C(F)(F)F)cc(Cl)c3F)(C(F)(F)F)C2)ccc1C(=O)NC1(C#N)CC1. The molecule has 1 heterocycles. The standard InChI is InChI=1S/C23H15ClF7N3O2/c1-11-6-12(2-3-14(11)19(35)33-20(10-32)4-5-20)17-9-21(36-34-17,23(29,30)31)15-7-13(22(26,27)28)8-16(24)18(15)25/h2-3,6-8H,4-5,9H2,1H3,(H,33,35). The van der Waals surface area contributed by atoms with Crippen LogP contribution in [0.4, 0.5) is 30.7 Å². The number of amides is 1. The number of carbonyl (C=O) groups is 1. The zero-order valence-corrected chi connectivity index (χ0v) is 19.0. The van der Waals surface area contributed by atoms with Gasteiger partial charge in [-0.2, -0.15) is 31.6 Å². The van der Waals surface area contributed by atoms with Crippen LogP contribution in [0.2, 0.25) is 5.02 Å². The monoisotopic (exact) mass is 533 g/mol. The molecule has 0 bridgehead atoms. The van der Waals surface area contributed by atoms with Gasteiger partial charge in [-0.25, -0.2) is 4.39 Å². The minimum absolute atomic E-state index is 0.00869. The number of nitrogens with zero attached hydrogens (tertiary/aromatic N) is 2. The molecule has 0 radical (unpaired) electrons. The number of rotatable bonds is 4. The lowest BCUT2D eigenvalue weighted by Gasteiger charge is -2.30. The van der Waals surface area contributed by atoms with E-state index in [4.69, 9.17) is 16.9 Å². The van der Waals surface area contributed by atoms with Gasteiger partial charge in [0.05, 0.1) is 28.8 Å². The molecule has 36 heavy (non-hydrogen) atoms. The fourth-order valence-electron chi connectivity index (χ4n) is 3.86. The predicted octanol–water partition coefficient (Wildman–Crippen LogP) is 6.17. The van der Waals surface area contributed by atoms with Crippen molar-refractivity contribution in [3.8, 4) is 6.07 Å². The topological polar surface area (TPSA) is 74.5 Å². The fourth-order valence-corrected chi connectivity index (χ4v) is 4.08. The first-order valence-corrected chi connectivity index (χ1v) is 10.7. The maximum Gasteiger partial charge on any atom is 0.435 e. The smallest absolute Gasteiger partial charge is 0.374 e. The highest BCUT2D eigenvalue weighted by Gasteiger charge is 2.64. The highest BCUT2D eigenvalue weighted by Crippen LogP contribution is 2.51. The summed E-state index contributed by atoms with van der Waals surface area (Å²) in [4.78, 5) is 17.2. The second kappa shape index (κ2) is 8.37. The Morgan fingerprint density at radius 3 is 2.36 bits per heavy atom. The molecule has 1 N–H and O–H groups in total. The molecule has 1 fully saturated rings. The average Bonchev–Trinajstić information content (AvgIpc) is 3.39. The Kier molecular flexibility index (Phi) is 5.99. The predicted molar refractivity (Wildman–Crippen MR) is 113 cm³/mol. The minimum Gasteiger partial charge on any atom is -0.374 e. The van der Waals surface area contributed by atoms with Crippen molar-refractivity contribution in [3.63, 3.8) is 0 Å². The van der Waals surface area contributed by atoms with Gasteiger partial charge in [0.15, 0.2) is 0 Å². The average molecular weight is 534 g/mol. The molecule has 1 aliphatic carbocycles. The van der Waals surface area contributed by atoms with Gasteiger partial charge in [0.25, 0.3) is 11.5 Å². The molecule has 2 aromatic rings. The van der Waals surface area contributed by atoms with Crippen LogP contribution >= 0.6 is 11.6 Å². The lowest BCUT2D eigenvalue weighted by Crippen LogP contribution is -2.43. The third-order valence-electron chi connectivity index (χ3n) is 6.10. The number of nitriles is 1. The summed E-state index contributed by atoms with van der Waals surface area (Å²) in [6.07, 6.45) is -10.6. The van der Waals surface area contributed by atoms with E-state index in [9.17, 15) is 35.5 Å². The van der Waals surface area contributed by atoms with E-state index in [0.29, 0.717) is 18.4 Å². The summed E-state index contributed by atoms with van der Waals surface area (Å²) in [5, 5.41) is 14.0. The molecule has 5 nitrogen and oxygen atoms in total. The van der Waals surface area contributed by atoms with Crippen LogP contribution < -0.4 is 5.32 Å². The highest BCUT2D eigenvalue weighted by molar-refractivity contribution is 6.30. The first-order valence-electron chi connectivity index (χ1n) is 10.4. The number of carbonyl (C=O) groups excluding carboxylic acids is 1. The number of benzene rings is 2. The van der Waals surface area contributed by atoms with Gasteiger partial charge >= 0.3 is 12.4 Å². The van der Waals surface area contributed by atoms with Crippen LogP contribution in [0.25, 0.3) is 0 Å². The summed E-state index contributed by atoms with van der Waals surface area (Å²) in [6.45, 7) is 1.50. The van der Waals surface area contributed by atoms with Crippen LogP contribution in [0.15, 0.2) is 35.5 Å². The van der Waals surface area contributed by atoms with Gasteiger partial charge in [-0.05, 0) is 55.2 Å². The van der Waals surface area contributed by atoms with Gasteiger partial charge in [-0.15, -0.1) is 0 Å².